The average molecular weight is 286 g/mol. The highest BCUT2D eigenvalue weighted by atomic mass is 19.4. The molecule has 108 valence electrons. The molecule has 1 saturated heterocycles. The molecule has 1 heterocycles. The molecule has 0 radical (unpaired) electrons. The number of carbonyl (C=O) groups excluding carboxylic acids is 2. The fourth-order valence-electron chi connectivity index (χ4n) is 2.04. The molecule has 7 heteroatoms. The zero-order valence-electron chi connectivity index (χ0n) is 10.5. The molecule has 2 rings (SSSR count). The number of carbonyl (C=O) groups is 2. The second kappa shape index (κ2) is 5.52. The summed E-state index contributed by atoms with van der Waals surface area (Å²) in [6, 6.07) is 5.13. The third-order valence-corrected chi connectivity index (χ3v) is 3.08. The summed E-state index contributed by atoms with van der Waals surface area (Å²) >= 11 is 0. The highest BCUT2D eigenvalue weighted by Gasteiger charge is 2.33. The predicted molar refractivity (Wildman–Crippen MR) is 64.5 cm³/mol. The smallest absolute Gasteiger partial charge is 0.347 e. The number of nitrogens with zero attached hydrogens (tertiary/aromatic N) is 1. The number of nitrogens with one attached hydrogen (secondary N) is 1. The van der Waals surface area contributed by atoms with Gasteiger partial charge in [0.1, 0.15) is 0 Å². The molecule has 1 aliphatic heterocycles. The molecule has 2 amide bonds. The van der Waals surface area contributed by atoms with Gasteiger partial charge in [-0.2, -0.15) is 13.2 Å². The van der Waals surface area contributed by atoms with Crippen molar-refractivity contribution in [1.82, 2.24) is 10.2 Å². The standard InChI is InChI=1S/C13H13F3N2O2/c14-13(15,16)10-4-2-1-3-9(10)8-18-6-5-11(19)17-7-12(18)20/h1-4H,5-8H2,(H,17,19). The van der Waals surface area contributed by atoms with E-state index in [-0.39, 0.29) is 43.4 Å². The van der Waals surface area contributed by atoms with Crippen LogP contribution in [0.15, 0.2) is 24.3 Å². The Kier molecular flexibility index (Phi) is 3.96. The van der Waals surface area contributed by atoms with Crippen LogP contribution in [0, 0.1) is 0 Å². The summed E-state index contributed by atoms with van der Waals surface area (Å²) in [4.78, 5) is 24.2. The van der Waals surface area contributed by atoms with Crippen LogP contribution in [-0.2, 0) is 22.3 Å². The fraction of sp³-hybridized carbons (Fsp3) is 0.385. The summed E-state index contributed by atoms with van der Waals surface area (Å²) in [5, 5.41) is 2.40. The Balaban J connectivity index is 2.21. The first-order valence-electron chi connectivity index (χ1n) is 6.07. The number of hydrogen-bond donors (Lipinski definition) is 1. The van der Waals surface area contributed by atoms with Crippen molar-refractivity contribution < 1.29 is 22.8 Å². The molecule has 1 N–H and O–H groups in total. The summed E-state index contributed by atoms with van der Waals surface area (Å²) < 4.78 is 38.6. The van der Waals surface area contributed by atoms with Crippen molar-refractivity contribution in [1.29, 1.82) is 0 Å². The SMILES string of the molecule is O=C1CCN(Cc2ccccc2C(F)(F)F)C(=O)CN1. The Morgan fingerprint density at radius 1 is 1.20 bits per heavy atom. The van der Waals surface area contributed by atoms with Crippen LogP contribution in [0.2, 0.25) is 0 Å². The normalized spacial score (nSPS) is 16.9. The quantitative estimate of drug-likeness (QED) is 0.897. The summed E-state index contributed by atoms with van der Waals surface area (Å²) in [7, 11) is 0. The Morgan fingerprint density at radius 3 is 2.60 bits per heavy atom. The molecule has 20 heavy (non-hydrogen) atoms. The van der Waals surface area contributed by atoms with Crippen LogP contribution in [0.5, 0.6) is 0 Å². The second-order valence-electron chi connectivity index (χ2n) is 4.50. The van der Waals surface area contributed by atoms with Gasteiger partial charge in [-0.3, -0.25) is 9.59 Å². The first-order valence-corrected chi connectivity index (χ1v) is 6.07. The van der Waals surface area contributed by atoms with Crippen molar-refractivity contribution in [3.63, 3.8) is 0 Å². The molecule has 0 unspecified atom stereocenters. The number of amides is 2. The van der Waals surface area contributed by atoms with E-state index in [2.05, 4.69) is 5.32 Å². The second-order valence-corrected chi connectivity index (χ2v) is 4.50. The zero-order chi connectivity index (χ0) is 14.8. The lowest BCUT2D eigenvalue weighted by Gasteiger charge is -2.22. The molecule has 1 fully saturated rings. The van der Waals surface area contributed by atoms with Gasteiger partial charge in [0.05, 0.1) is 12.1 Å². The number of alkyl halides is 3. The van der Waals surface area contributed by atoms with Crippen molar-refractivity contribution in [2.75, 3.05) is 13.1 Å². The highest BCUT2D eigenvalue weighted by Crippen LogP contribution is 2.32. The molecule has 0 atom stereocenters. The van der Waals surface area contributed by atoms with Gasteiger partial charge in [-0.05, 0) is 11.6 Å². The summed E-state index contributed by atoms with van der Waals surface area (Å²) in [6.45, 7) is -0.201. The van der Waals surface area contributed by atoms with E-state index in [0.29, 0.717) is 0 Å². The van der Waals surface area contributed by atoms with Gasteiger partial charge in [0.15, 0.2) is 0 Å². The van der Waals surface area contributed by atoms with Gasteiger partial charge in [-0.15, -0.1) is 0 Å². The maximum atomic E-state index is 12.9. The molecule has 4 nitrogen and oxygen atoms in total. The van der Waals surface area contributed by atoms with E-state index in [4.69, 9.17) is 0 Å². The van der Waals surface area contributed by atoms with Crippen LogP contribution in [-0.4, -0.2) is 29.8 Å². The minimum Gasteiger partial charge on any atom is -0.347 e. The van der Waals surface area contributed by atoms with Crippen molar-refractivity contribution in [3.05, 3.63) is 35.4 Å². The number of rotatable bonds is 2. The largest absolute Gasteiger partial charge is 0.416 e. The van der Waals surface area contributed by atoms with Gasteiger partial charge in [0.25, 0.3) is 0 Å². The van der Waals surface area contributed by atoms with Crippen molar-refractivity contribution in [2.45, 2.75) is 19.1 Å². The Morgan fingerprint density at radius 2 is 1.90 bits per heavy atom. The minimum atomic E-state index is -4.46. The fourth-order valence-corrected chi connectivity index (χ4v) is 2.04. The first kappa shape index (κ1) is 14.4. The number of benzene rings is 1. The van der Waals surface area contributed by atoms with E-state index in [9.17, 15) is 22.8 Å². The van der Waals surface area contributed by atoms with E-state index in [1.54, 1.807) is 0 Å². The van der Waals surface area contributed by atoms with Crippen molar-refractivity contribution >= 4 is 11.8 Å². The molecule has 1 aromatic carbocycles. The maximum Gasteiger partial charge on any atom is 0.416 e. The molecule has 0 spiro atoms. The van der Waals surface area contributed by atoms with Gasteiger partial charge >= 0.3 is 6.18 Å². The van der Waals surface area contributed by atoms with E-state index in [1.165, 1.54) is 23.1 Å². The highest BCUT2D eigenvalue weighted by molar-refractivity contribution is 5.87. The van der Waals surface area contributed by atoms with Gasteiger partial charge < -0.3 is 10.2 Å². The number of halogens is 3. The minimum absolute atomic E-state index is 0.0303. The van der Waals surface area contributed by atoms with Gasteiger partial charge in [0.2, 0.25) is 11.8 Å². The molecular weight excluding hydrogens is 273 g/mol. The molecule has 0 aromatic heterocycles. The van der Waals surface area contributed by atoms with E-state index in [1.807, 2.05) is 0 Å². The lowest BCUT2D eigenvalue weighted by Crippen LogP contribution is -2.35. The third-order valence-electron chi connectivity index (χ3n) is 3.08. The summed E-state index contributed by atoms with van der Waals surface area (Å²) in [5.41, 5.74) is -0.723. The first-order chi connectivity index (χ1) is 9.38. The molecule has 1 aromatic rings. The van der Waals surface area contributed by atoms with Gasteiger partial charge in [-0.1, -0.05) is 18.2 Å². The topological polar surface area (TPSA) is 49.4 Å². The van der Waals surface area contributed by atoms with Crippen LogP contribution >= 0.6 is 0 Å². The molecule has 0 aliphatic carbocycles. The van der Waals surface area contributed by atoms with Crippen LogP contribution in [0.25, 0.3) is 0 Å². The Bertz CT molecular complexity index is 529. The van der Waals surface area contributed by atoms with Crippen LogP contribution in [0.4, 0.5) is 13.2 Å². The van der Waals surface area contributed by atoms with Crippen LogP contribution in [0.3, 0.4) is 0 Å². The third kappa shape index (κ3) is 3.28. The van der Waals surface area contributed by atoms with Gasteiger partial charge in [-0.25, -0.2) is 0 Å². The van der Waals surface area contributed by atoms with E-state index >= 15 is 0 Å². The van der Waals surface area contributed by atoms with Crippen LogP contribution < -0.4 is 5.32 Å². The van der Waals surface area contributed by atoms with Crippen molar-refractivity contribution in [3.8, 4) is 0 Å². The predicted octanol–water partition coefficient (Wildman–Crippen LogP) is 1.55. The van der Waals surface area contributed by atoms with E-state index < -0.39 is 11.7 Å². The monoisotopic (exact) mass is 286 g/mol. The Labute approximate surface area is 113 Å². The molecular formula is C13H13F3N2O2. The Hall–Kier alpha value is -2.05. The molecule has 1 aliphatic rings. The summed E-state index contributed by atoms with van der Waals surface area (Å²) in [6.07, 6.45) is -4.36. The van der Waals surface area contributed by atoms with Crippen molar-refractivity contribution in [2.24, 2.45) is 0 Å². The maximum absolute atomic E-state index is 12.9. The van der Waals surface area contributed by atoms with Gasteiger partial charge in [0, 0.05) is 19.5 Å². The zero-order valence-corrected chi connectivity index (χ0v) is 10.5. The number of hydrogen-bond acceptors (Lipinski definition) is 2. The lowest BCUT2D eigenvalue weighted by atomic mass is 10.1. The van der Waals surface area contributed by atoms with E-state index in [0.717, 1.165) is 6.07 Å². The average Bonchev–Trinajstić information content (AvgIpc) is 2.54. The molecule has 0 saturated carbocycles. The van der Waals surface area contributed by atoms with Crippen LogP contribution in [0.1, 0.15) is 17.5 Å². The summed E-state index contributed by atoms with van der Waals surface area (Å²) in [5.74, 6) is -0.655. The molecule has 0 bridgehead atoms. The lowest BCUT2D eigenvalue weighted by molar-refractivity contribution is -0.139.